The topological polar surface area (TPSA) is 101 Å². The van der Waals surface area contributed by atoms with Gasteiger partial charge in [0.2, 0.25) is 0 Å². The molecule has 4 rings (SSSR count). The predicted molar refractivity (Wildman–Crippen MR) is 89.5 cm³/mol. The van der Waals surface area contributed by atoms with Crippen LogP contribution in [0.25, 0.3) is 11.0 Å². The molecule has 0 amide bonds. The van der Waals surface area contributed by atoms with Gasteiger partial charge in [0.25, 0.3) is 0 Å². The van der Waals surface area contributed by atoms with Crippen LogP contribution in [0.1, 0.15) is 23.6 Å². The maximum Gasteiger partial charge on any atom is 0.164 e. The molecule has 3 aromatic rings. The fourth-order valence-corrected chi connectivity index (χ4v) is 3.33. The number of ether oxygens (including phenoxy) is 1. The molecule has 1 unspecified atom stereocenters. The van der Waals surface area contributed by atoms with Crippen LogP contribution in [-0.2, 0) is 4.74 Å². The van der Waals surface area contributed by atoms with Gasteiger partial charge in [-0.3, -0.25) is 0 Å². The Morgan fingerprint density at radius 2 is 1.85 bits per heavy atom. The third kappa shape index (κ3) is 2.67. The lowest BCUT2D eigenvalue weighted by atomic mass is 9.99. The van der Waals surface area contributed by atoms with Crippen LogP contribution in [0, 0.1) is 12.7 Å². The zero-order valence-corrected chi connectivity index (χ0v) is 13.9. The van der Waals surface area contributed by atoms with Gasteiger partial charge in [-0.2, -0.15) is 0 Å². The van der Waals surface area contributed by atoms with Gasteiger partial charge in [0.1, 0.15) is 42.2 Å². The number of hydrogen-bond acceptors (Lipinski definition) is 6. The second-order valence-corrected chi connectivity index (χ2v) is 6.39. The number of rotatable bonds is 3. The van der Waals surface area contributed by atoms with Crippen molar-refractivity contribution >= 4 is 11.0 Å². The van der Waals surface area contributed by atoms with Gasteiger partial charge in [-0.1, -0.05) is 12.1 Å². The van der Waals surface area contributed by atoms with Crippen LogP contribution in [0.4, 0.5) is 4.39 Å². The van der Waals surface area contributed by atoms with Crippen LogP contribution in [0.3, 0.4) is 0 Å². The summed E-state index contributed by atoms with van der Waals surface area (Å²) in [5.41, 5.74) is 1.73. The largest absolute Gasteiger partial charge is 0.387 e. The van der Waals surface area contributed by atoms with Crippen molar-refractivity contribution in [3.63, 3.8) is 0 Å². The molecular formula is C18H18FN3O4. The van der Waals surface area contributed by atoms with Crippen LogP contribution in [0.5, 0.6) is 0 Å². The first kappa shape index (κ1) is 17.0. The second kappa shape index (κ2) is 6.40. The van der Waals surface area contributed by atoms with Crippen LogP contribution in [0.15, 0.2) is 42.9 Å². The van der Waals surface area contributed by atoms with Gasteiger partial charge in [0, 0.05) is 11.6 Å². The molecule has 1 saturated heterocycles. The van der Waals surface area contributed by atoms with Gasteiger partial charge in [-0.05, 0) is 30.7 Å². The summed E-state index contributed by atoms with van der Waals surface area (Å²) in [6.45, 7) is 1.84. The summed E-state index contributed by atoms with van der Waals surface area (Å²) in [7, 11) is 0. The Hall–Kier alpha value is -2.39. The lowest BCUT2D eigenvalue weighted by Crippen LogP contribution is -2.34. The number of aliphatic hydroxyl groups excluding tert-OH is 3. The van der Waals surface area contributed by atoms with Crippen LogP contribution in [-0.4, -0.2) is 48.2 Å². The SMILES string of the molecule is Cc1ncnc2c1ccn2[C@@H]1O[C@H](C(O)c2ccc(F)cc2)[C@@H](O)[C@H]1O. The summed E-state index contributed by atoms with van der Waals surface area (Å²) in [5.74, 6) is -0.430. The molecule has 5 atom stereocenters. The first-order chi connectivity index (χ1) is 12.5. The van der Waals surface area contributed by atoms with Crippen molar-refractivity contribution in [2.24, 2.45) is 0 Å². The van der Waals surface area contributed by atoms with E-state index in [2.05, 4.69) is 9.97 Å². The van der Waals surface area contributed by atoms with E-state index in [0.29, 0.717) is 11.2 Å². The van der Waals surface area contributed by atoms with Crippen LogP contribution >= 0.6 is 0 Å². The van der Waals surface area contributed by atoms with E-state index in [4.69, 9.17) is 4.74 Å². The molecule has 0 saturated carbocycles. The minimum Gasteiger partial charge on any atom is -0.387 e. The molecule has 0 bridgehead atoms. The lowest BCUT2D eigenvalue weighted by Gasteiger charge is -2.21. The molecular weight excluding hydrogens is 341 g/mol. The van der Waals surface area contributed by atoms with Crippen LogP contribution < -0.4 is 0 Å². The molecule has 7 nitrogen and oxygen atoms in total. The first-order valence-electron chi connectivity index (χ1n) is 8.20. The highest BCUT2D eigenvalue weighted by Crippen LogP contribution is 2.37. The minimum atomic E-state index is -1.32. The molecule has 3 heterocycles. The maximum atomic E-state index is 13.1. The third-order valence-corrected chi connectivity index (χ3v) is 4.78. The normalized spacial score (nSPS) is 27.1. The molecule has 3 N–H and O–H groups in total. The van der Waals surface area contributed by atoms with Crippen LogP contribution in [0.2, 0.25) is 0 Å². The highest BCUT2D eigenvalue weighted by molar-refractivity contribution is 5.78. The fourth-order valence-electron chi connectivity index (χ4n) is 3.33. The Labute approximate surface area is 148 Å². The summed E-state index contributed by atoms with van der Waals surface area (Å²) < 4.78 is 20.5. The number of aliphatic hydroxyl groups is 3. The van der Waals surface area contributed by atoms with Crippen molar-refractivity contribution in [1.82, 2.24) is 14.5 Å². The Balaban J connectivity index is 1.65. The van der Waals surface area contributed by atoms with E-state index >= 15 is 0 Å². The molecule has 1 aromatic carbocycles. The standard InChI is InChI=1S/C18H18FN3O4/c1-9-12-6-7-22(17(12)21-8-20-9)18-15(25)14(24)16(26-18)13(23)10-2-4-11(19)5-3-10/h2-8,13-16,18,23-25H,1H3/t13?,14-,15+,16+,18+/m0/s1. The first-order valence-corrected chi connectivity index (χ1v) is 8.20. The molecule has 8 heteroatoms. The van der Waals surface area contributed by atoms with Crippen molar-refractivity contribution in [3.05, 3.63) is 59.9 Å². The molecule has 1 fully saturated rings. The Kier molecular flexibility index (Phi) is 4.20. The van der Waals surface area contributed by atoms with Crippen molar-refractivity contribution in [1.29, 1.82) is 0 Å². The van der Waals surface area contributed by atoms with E-state index in [1.165, 1.54) is 30.6 Å². The molecule has 1 aliphatic heterocycles. The molecule has 0 radical (unpaired) electrons. The van der Waals surface area contributed by atoms with E-state index in [1.807, 2.05) is 6.92 Å². The second-order valence-electron chi connectivity index (χ2n) is 6.39. The van der Waals surface area contributed by atoms with Crippen molar-refractivity contribution < 1.29 is 24.4 Å². The average molecular weight is 359 g/mol. The quantitative estimate of drug-likeness (QED) is 0.650. The van der Waals surface area contributed by atoms with Crippen molar-refractivity contribution in [2.75, 3.05) is 0 Å². The van der Waals surface area contributed by atoms with Crippen molar-refractivity contribution in [2.45, 2.75) is 37.6 Å². The van der Waals surface area contributed by atoms with Crippen molar-refractivity contribution in [3.8, 4) is 0 Å². The fraction of sp³-hybridized carbons (Fsp3) is 0.333. The summed E-state index contributed by atoms with van der Waals surface area (Å²) in [5, 5.41) is 32.2. The Morgan fingerprint density at radius 1 is 1.12 bits per heavy atom. The van der Waals surface area contributed by atoms with E-state index in [1.54, 1.807) is 16.8 Å². The van der Waals surface area contributed by atoms with Gasteiger partial charge in [-0.25, -0.2) is 14.4 Å². The highest BCUT2D eigenvalue weighted by atomic mass is 19.1. The van der Waals surface area contributed by atoms with Gasteiger partial charge < -0.3 is 24.6 Å². The minimum absolute atomic E-state index is 0.388. The molecule has 26 heavy (non-hydrogen) atoms. The van der Waals surface area contributed by atoms with Gasteiger partial charge in [0.05, 0.1) is 5.69 Å². The summed E-state index contributed by atoms with van der Waals surface area (Å²) in [4.78, 5) is 8.34. The molecule has 1 aliphatic rings. The smallest absolute Gasteiger partial charge is 0.164 e. The Morgan fingerprint density at radius 3 is 2.58 bits per heavy atom. The zero-order chi connectivity index (χ0) is 18.4. The summed E-state index contributed by atoms with van der Waals surface area (Å²) >= 11 is 0. The number of nitrogens with zero attached hydrogens (tertiary/aromatic N) is 3. The highest BCUT2D eigenvalue weighted by Gasteiger charge is 2.47. The number of fused-ring (bicyclic) bond motifs is 1. The van der Waals surface area contributed by atoms with Gasteiger partial charge in [-0.15, -0.1) is 0 Å². The third-order valence-electron chi connectivity index (χ3n) is 4.78. The van der Waals surface area contributed by atoms with E-state index < -0.39 is 36.5 Å². The Bertz CT molecular complexity index is 930. The summed E-state index contributed by atoms with van der Waals surface area (Å²) in [6, 6.07) is 7.06. The molecule has 0 spiro atoms. The summed E-state index contributed by atoms with van der Waals surface area (Å²) in [6.07, 6.45) is -2.68. The zero-order valence-electron chi connectivity index (χ0n) is 13.9. The number of hydrogen-bond donors (Lipinski definition) is 3. The van der Waals surface area contributed by atoms with Gasteiger partial charge in [0.15, 0.2) is 6.23 Å². The lowest BCUT2D eigenvalue weighted by molar-refractivity contribution is -0.0848. The van der Waals surface area contributed by atoms with E-state index in [-0.39, 0.29) is 0 Å². The average Bonchev–Trinajstić information content (AvgIpc) is 3.18. The molecule has 136 valence electrons. The number of aromatic nitrogens is 3. The van der Waals surface area contributed by atoms with E-state index in [0.717, 1.165) is 11.1 Å². The number of halogens is 1. The molecule has 0 aliphatic carbocycles. The molecule has 2 aromatic heterocycles. The number of benzene rings is 1. The number of aryl methyl sites for hydroxylation is 1. The van der Waals surface area contributed by atoms with Gasteiger partial charge >= 0.3 is 0 Å². The maximum absolute atomic E-state index is 13.1. The van der Waals surface area contributed by atoms with E-state index in [9.17, 15) is 19.7 Å². The monoisotopic (exact) mass is 359 g/mol. The predicted octanol–water partition coefficient (Wildman–Crippen LogP) is 1.23.